The molecule has 3 rings (SSSR count). The molecule has 0 atom stereocenters. The third-order valence-corrected chi connectivity index (χ3v) is 5.31. The van der Waals surface area contributed by atoms with E-state index in [1.165, 1.54) is 0 Å². The Balaban J connectivity index is 1.80. The third kappa shape index (κ3) is 5.79. The zero-order valence-corrected chi connectivity index (χ0v) is 19.0. The molecule has 1 aliphatic heterocycles. The van der Waals surface area contributed by atoms with Crippen LogP contribution >= 0.6 is 0 Å². The molecular formula is C25H31N3O3. The van der Waals surface area contributed by atoms with E-state index in [2.05, 4.69) is 19.2 Å². The van der Waals surface area contributed by atoms with Crippen molar-refractivity contribution in [2.45, 2.75) is 32.2 Å². The first-order chi connectivity index (χ1) is 14.7. The van der Waals surface area contributed by atoms with E-state index < -0.39 is 0 Å². The van der Waals surface area contributed by atoms with Crippen molar-refractivity contribution in [1.82, 2.24) is 10.2 Å². The predicted molar refractivity (Wildman–Crippen MR) is 124 cm³/mol. The van der Waals surface area contributed by atoms with Crippen LogP contribution in [0.2, 0.25) is 0 Å². The van der Waals surface area contributed by atoms with Gasteiger partial charge in [0.15, 0.2) is 5.78 Å². The number of carbonyl (C=O) groups is 2. The maximum atomic E-state index is 13.1. The summed E-state index contributed by atoms with van der Waals surface area (Å²) in [5.74, 6) is 0.505. The van der Waals surface area contributed by atoms with Crippen LogP contribution in [0.4, 0.5) is 0 Å². The quantitative estimate of drug-likeness (QED) is 0.664. The van der Waals surface area contributed by atoms with E-state index in [0.29, 0.717) is 17.7 Å². The molecule has 0 aliphatic carbocycles. The second-order valence-corrected chi connectivity index (χ2v) is 8.81. The summed E-state index contributed by atoms with van der Waals surface area (Å²) in [4.78, 5) is 32.4. The average Bonchev–Trinajstić information content (AvgIpc) is 2.72. The molecule has 2 aromatic rings. The van der Waals surface area contributed by atoms with Gasteiger partial charge in [0, 0.05) is 29.8 Å². The van der Waals surface area contributed by atoms with Crippen LogP contribution in [-0.4, -0.2) is 62.1 Å². The molecule has 0 fully saturated rings. The van der Waals surface area contributed by atoms with Crippen LogP contribution in [0.15, 0.2) is 47.5 Å². The number of ketones is 1. The van der Waals surface area contributed by atoms with Crippen LogP contribution in [0, 0.1) is 0 Å². The summed E-state index contributed by atoms with van der Waals surface area (Å²) in [6.07, 6.45) is 0.988. The fourth-order valence-corrected chi connectivity index (χ4v) is 3.75. The van der Waals surface area contributed by atoms with Gasteiger partial charge in [0.25, 0.3) is 5.91 Å². The van der Waals surface area contributed by atoms with E-state index in [9.17, 15) is 9.59 Å². The Kier molecular flexibility index (Phi) is 6.91. The van der Waals surface area contributed by atoms with Crippen LogP contribution in [0.1, 0.15) is 52.1 Å². The van der Waals surface area contributed by atoms with Gasteiger partial charge in [0.05, 0.1) is 24.8 Å². The molecule has 2 aromatic carbocycles. The van der Waals surface area contributed by atoms with Crippen molar-refractivity contribution in [3.8, 4) is 5.75 Å². The maximum Gasteiger partial charge on any atom is 0.251 e. The molecule has 6 nitrogen and oxygen atoms in total. The summed E-state index contributed by atoms with van der Waals surface area (Å²) in [5, 5.41) is 2.88. The third-order valence-electron chi connectivity index (χ3n) is 5.31. The lowest BCUT2D eigenvalue weighted by molar-refractivity contribution is 0.0951. The van der Waals surface area contributed by atoms with E-state index in [1.807, 2.05) is 37.2 Å². The van der Waals surface area contributed by atoms with Gasteiger partial charge in [-0.05, 0) is 64.2 Å². The van der Waals surface area contributed by atoms with Gasteiger partial charge in [-0.1, -0.05) is 18.2 Å². The van der Waals surface area contributed by atoms with Gasteiger partial charge in [-0.25, -0.2) is 0 Å². The highest BCUT2D eigenvalue weighted by atomic mass is 16.5. The molecule has 31 heavy (non-hydrogen) atoms. The number of hydrogen-bond donors (Lipinski definition) is 1. The molecule has 0 saturated carbocycles. The van der Waals surface area contributed by atoms with E-state index in [1.54, 1.807) is 31.4 Å². The van der Waals surface area contributed by atoms with E-state index in [0.717, 1.165) is 35.6 Å². The second-order valence-electron chi connectivity index (χ2n) is 8.81. The molecule has 0 spiro atoms. The van der Waals surface area contributed by atoms with Gasteiger partial charge < -0.3 is 15.0 Å². The Labute approximate surface area is 184 Å². The topological polar surface area (TPSA) is 71.0 Å². The Hall–Kier alpha value is -2.99. The van der Waals surface area contributed by atoms with Crippen LogP contribution in [0.25, 0.3) is 0 Å². The van der Waals surface area contributed by atoms with Crippen molar-refractivity contribution in [3.05, 3.63) is 64.7 Å². The number of ether oxygens (including phenoxy) is 1. The SMILES string of the molecule is COc1ccc2c(c1)C(CC(=O)c1cccc(C(=O)NCCN(C)C)c1)=NC(C)(C)C2. The summed E-state index contributed by atoms with van der Waals surface area (Å²) in [6, 6.07) is 12.8. The molecule has 164 valence electrons. The molecule has 0 aromatic heterocycles. The molecule has 0 saturated heterocycles. The highest BCUT2D eigenvalue weighted by molar-refractivity contribution is 6.17. The highest BCUT2D eigenvalue weighted by Crippen LogP contribution is 2.31. The number of amides is 1. The standard InChI is InChI=1S/C25H31N3O3/c1-25(2)16-19-9-10-20(31-5)14-21(19)22(27-25)15-23(29)17-7-6-8-18(13-17)24(30)26-11-12-28(3)4/h6-10,13-14H,11-12,15-16H2,1-5H3,(H,26,30). The lowest BCUT2D eigenvalue weighted by Crippen LogP contribution is -2.31. The zero-order chi connectivity index (χ0) is 22.6. The van der Waals surface area contributed by atoms with Gasteiger partial charge in [-0.3, -0.25) is 14.6 Å². The number of benzene rings is 2. The molecule has 1 N–H and O–H groups in total. The fraction of sp³-hybridized carbons (Fsp3) is 0.400. The number of Topliss-reactive ketones (excluding diaryl/α,β-unsaturated/α-hetero) is 1. The van der Waals surface area contributed by atoms with Crippen LogP contribution in [-0.2, 0) is 6.42 Å². The van der Waals surface area contributed by atoms with Gasteiger partial charge in [-0.15, -0.1) is 0 Å². The molecule has 1 amide bonds. The van der Waals surface area contributed by atoms with Crippen molar-refractivity contribution < 1.29 is 14.3 Å². The normalized spacial score (nSPS) is 14.6. The van der Waals surface area contributed by atoms with E-state index >= 15 is 0 Å². The molecule has 0 unspecified atom stereocenters. The first-order valence-electron chi connectivity index (χ1n) is 10.5. The van der Waals surface area contributed by atoms with Crippen molar-refractivity contribution in [2.75, 3.05) is 34.3 Å². The van der Waals surface area contributed by atoms with Crippen molar-refractivity contribution in [1.29, 1.82) is 0 Å². The number of rotatable bonds is 8. The van der Waals surface area contributed by atoms with Crippen molar-refractivity contribution in [2.24, 2.45) is 4.99 Å². The van der Waals surface area contributed by atoms with Crippen LogP contribution < -0.4 is 10.1 Å². The summed E-state index contributed by atoms with van der Waals surface area (Å²) in [5.41, 5.74) is 3.61. The summed E-state index contributed by atoms with van der Waals surface area (Å²) >= 11 is 0. The molecule has 6 heteroatoms. The number of nitrogens with zero attached hydrogens (tertiary/aromatic N) is 2. The summed E-state index contributed by atoms with van der Waals surface area (Å²) in [7, 11) is 5.54. The Bertz CT molecular complexity index is 1010. The number of carbonyl (C=O) groups excluding carboxylic acids is 2. The molecule has 0 radical (unpaired) electrons. The highest BCUT2D eigenvalue weighted by Gasteiger charge is 2.28. The number of methoxy groups -OCH3 is 1. The molecule has 1 heterocycles. The van der Waals surface area contributed by atoms with Crippen molar-refractivity contribution >= 4 is 17.4 Å². The monoisotopic (exact) mass is 421 g/mol. The zero-order valence-electron chi connectivity index (χ0n) is 19.0. The minimum absolute atomic E-state index is 0.0619. The molecule has 0 bridgehead atoms. The van der Waals surface area contributed by atoms with Crippen LogP contribution in [0.5, 0.6) is 5.75 Å². The summed E-state index contributed by atoms with van der Waals surface area (Å²) < 4.78 is 5.37. The fourth-order valence-electron chi connectivity index (χ4n) is 3.75. The molecular weight excluding hydrogens is 390 g/mol. The first kappa shape index (κ1) is 22.7. The minimum Gasteiger partial charge on any atom is -0.497 e. The lowest BCUT2D eigenvalue weighted by atomic mass is 9.85. The number of nitrogens with one attached hydrogen (secondary N) is 1. The number of likely N-dealkylation sites (N-methyl/N-ethyl adjacent to an activating group) is 1. The molecule has 1 aliphatic rings. The maximum absolute atomic E-state index is 13.1. The second kappa shape index (κ2) is 9.43. The predicted octanol–water partition coefficient (Wildman–Crippen LogP) is 3.38. The number of hydrogen-bond acceptors (Lipinski definition) is 5. The number of aliphatic imine (C=N–C) groups is 1. The van der Waals surface area contributed by atoms with Gasteiger partial charge in [-0.2, -0.15) is 0 Å². The van der Waals surface area contributed by atoms with Crippen molar-refractivity contribution in [3.63, 3.8) is 0 Å². The van der Waals surface area contributed by atoms with Gasteiger partial charge in [0.1, 0.15) is 5.75 Å². The van der Waals surface area contributed by atoms with E-state index in [-0.39, 0.29) is 23.7 Å². The Morgan fingerprint density at radius 3 is 2.58 bits per heavy atom. The first-order valence-corrected chi connectivity index (χ1v) is 10.5. The Morgan fingerprint density at radius 2 is 1.87 bits per heavy atom. The smallest absolute Gasteiger partial charge is 0.251 e. The average molecular weight is 422 g/mol. The Morgan fingerprint density at radius 1 is 1.13 bits per heavy atom. The summed E-state index contributed by atoms with van der Waals surface area (Å²) in [6.45, 7) is 5.45. The van der Waals surface area contributed by atoms with E-state index in [4.69, 9.17) is 9.73 Å². The van der Waals surface area contributed by atoms with Crippen LogP contribution in [0.3, 0.4) is 0 Å². The van der Waals surface area contributed by atoms with Gasteiger partial charge in [0.2, 0.25) is 0 Å². The lowest BCUT2D eigenvalue weighted by Gasteiger charge is -2.29. The van der Waals surface area contributed by atoms with Gasteiger partial charge >= 0.3 is 0 Å². The minimum atomic E-state index is -0.272. The number of fused-ring (bicyclic) bond motifs is 1. The largest absolute Gasteiger partial charge is 0.497 e.